The van der Waals surface area contributed by atoms with Crippen LogP contribution in [-0.4, -0.2) is 15.9 Å². The summed E-state index contributed by atoms with van der Waals surface area (Å²) in [5.41, 5.74) is 3.64. The predicted octanol–water partition coefficient (Wildman–Crippen LogP) is 2.95. The molecule has 0 radical (unpaired) electrons. The van der Waals surface area contributed by atoms with E-state index >= 15 is 0 Å². The molecule has 2 heterocycles. The van der Waals surface area contributed by atoms with Crippen molar-refractivity contribution in [1.82, 2.24) is 9.97 Å². The van der Waals surface area contributed by atoms with E-state index in [0.717, 1.165) is 16.6 Å². The Kier molecular flexibility index (Phi) is 2.57. The summed E-state index contributed by atoms with van der Waals surface area (Å²) in [6.45, 7) is 0. The topological polar surface area (TPSA) is 81.6 Å². The van der Waals surface area contributed by atoms with Crippen LogP contribution in [0, 0.1) is 11.3 Å². The number of aromatic nitrogens is 2. The van der Waals surface area contributed by atoms with E-state index in [9.17, 15) is 10.1 Å². The molecule has 5 nitrogen and oxygen atoms in total. The van der Waals surface area contributed by atoms with Crippen LogP contribution in [0.5, 0.6) is 0 Å². The molecule has 104 valence electrons. The lowest BCUT2D eigenvalue weighted by Gasteiger charge is -2.00. The Hall–Kier alpha value is -3.39. The lowest BCUT2D eigenvalue weighted by atomic mass is 10.0. The number of para-hydroxylation sites is 3. The Bertz CT molecular complexity index is 958. The molecule has 0 saturated heterocycles. The molecule has 0 atom stereocenters. The van der Waals surface area contributed by atoms with Gasteiger partial charge in [0.25, 0.3) is 5.91 Å². The van der Waals surface area contributed by atoms with Gasteiger partial charge in [0.05, 0.1) is 16.6 Å². The van der Waals surface area contributed by atoms with Crippen molar-refractivity contribution in [3.63, 3.8) is 0 Å². The van der Waals surface area contributed by atoms with Crippen molar-refractivity contribution >= 4 is 33.8 Å². The number of H-pyrrole nitrogens is 1. The van der Waals surface area contributed by atoms with Crippen LogP contribution < -0.4 is 5.32 Å². The number of hydrogen-bond acceptors (Lipinski definition) is 3. The fourth-order valence-corrected chi connectivity index (χ4v) is 2.66. The highest BCUT2D eigenvalue weighted by atomic mass is 16.2. The van der Waals surface area contributed by atoms with Crippen LogP contribution in [0.2, 0.25) is 0 Å². The maximum absolute atomic E-state index is 12.3. The van der Waals surface area contributed by atoms with Crippen molar-refractivity contribution < 1.29 is 4.79 Å². The molecule has 1 aliphatic heterocycles. The van der Waals surface area contributed by atoms with Gasteiger partial charge in [-0.25, -0.2) is 4.98 Å². The number of aromatic amines is 1. The molecule has 5 heteroatoms. The van der Waals surface area contributed by atoms with Gasteiger partial charge in [-0.15, -0.1) is 0 Å². The van der Waals surface area contributed by atoms with Crippen molar-refractivity contribution in [2.75, 3.05) is 5.32 Å². The highest BCUT2D eigenvalue weighted by molar-refractivity contribution is 6.37. The van der Waals surface area contributed by atoms with E-state index in [4.69, 9.17) is 0 Å². The third kappa shape index (κ3) is 1.71. The van der Waals surface area contributed by atoms with E-state index in [1.54, 1.807) is 0 Å². The van der Waals surface area contributed by atoms with Gasteiger partial charge in [-0.1, -0.05) is 30.3 Å². The molecule has 4 rings (SSSR count). The van der Waals surface area contributed by atoms with Gasteiger partial charge in [-0.3, -0.25) is 4.79 Å². The van der Waals surface area contributed by atoms with E-state index < -0.39 is 0 Å². The number of nitriles is 1. The van der Waals surface area contributed by atoms with Crippen molar-refractivity contribution in [1.29, 1.82) is 5.26 Å². The van der Waals surface area contributed by atoms with E-state index in [2.05, 4.69) is 21.4 Å². The summed E-state index contributed by atoms with van der Waals surface area (Å²) in [6.07, 6.45) is 0. The molecule has 0 saturated carbocycles. The Balaban J connectivity index is 1.99. The molecule has 2 aromatic carbocycles. The molecule has 1 amide bonds. The summed E-state index contributed by atoms with van der Waals surface area (Å²) in [5, 5.41) is 12.3. The number of nitrogens with zero attached hydrogens (tertiary/aromatic N) is 2. The second-order valence-corrected chi connectivity index (χ2v) is 4.96. The number of benzene rings is 2. The quantitative estimate of drug-likeness (QED) is 0.533. The van der Waals surface area contributed by atoms with Crippen LogP contribution in [0.3, 0.4) is 0 Å². The number of hydrogen-bond donors (Lipinski definition) is 2. The first kappa shape index (κ1) is 12.4. The number of amides is 1. The van der Waals surface area contributed by atoms with Crippen LogP contribution in [0.25, 0.3) is 22.2 Å². The maximum atomic E-state index is 12.3. The van der Waals surface area contributed by atoms with E-state index in [1.807, 2.05) is 48.5 Å². The number of carbonyl (C=O) groups is 1. The molecular weight excluding hydrogens is 276 g/mol. The first-order valence-corrected chi connectivity index (χ1v) is 6.78. The zero-order chi connectivity index (χ0) is 15.1. The average Bonchev–Trinajstić information content (AvgIpc) is 3.10. The van der Waals surface area contributed by atoms with E-state index in [0.29, 0.717) is 17.1 Å². The third-order valence-corrected chi connectivity index (χ3v) is 3.66. The summed E-state index contributed by atoms with van der Waals surface area (Å²) in [7, 11) is 0. The minimum absolute atomic E-state index is 0.249. The normalized spacial score (nSPS) is 15.3. The van der Waals surface area contributed by atoms with Gasteiger partial charge in [-0.2, -0.15) is 5.26 Å². The number of anilines is 1. The van der Waals surface area contributed by atoms with Crippen LogP contribution >= 0.6 is 0 Å². The predicted molar refractivity (Wildman–Crippen MR) is 83.6 cm³/mol. The van der Waals surface area contributed by atoms with Gasteiger partial charge in [-0.05, 0) is 18.2 Å². The summed E-state index contributed by atoms with van der Waals surface area (Å²) in [5.74, 6) is 0.128. The highest BCUT2D eigenvalue weighted by Gasteiger charge is 2.28. The number of allylic oxidation sites excluding steroid dienone is 1. The third-order valence-electron chi connectivity index (χ3n) is 3.66. The van der Waals surface area contributed by atoms with Crippen LogP contribution in [0.15, 0.2) is 48.5 Å². The van der Waals surface area contributed by atoms with Crippen LogP contribution in [-0.2, 0) is 4.79 Å². The molecule has 1 aromatic heterocycles. The van der Waals surface area contributed by atoms with Crippen LogP contribution in [0.1, 0.15) is 11.4 Å². The molecular formula is C17H10N4O. The molecule has 3 aromatic rings. The highest BCUT2D eigenvalue weighted by Crippen LogP contribution is 2.36. The summed E-state index contributed by atoms with van der Waals surface area (Å²) < 4.78 is 0. The fourth-order valence-electron chi connectivity index (χ4n) is 2.66. The van der Waals surface area contributed by atoms with E-state index in [-0.39, 0.29) is 11.5 Å². The van der Waals surface area contributed by atoms with E-state index in [1.165, 1.54) is 0 Å². The van der Waals surface area contributed by atoms with Gasteiger partial charge >= 0.3 is 0 Å². The Morgan fingerprint density at radius 3 is 2.68 bits per heavy atom. The molecule has 0 fully saturated rings. The molecule has 2 N–H and O–H groups in total. The number of nitrogens with one attached hydrogen (secondary N) is 2. The molecule has 22 heavy (non-hydrogen) atoms. The standard InChI is InChI=1S/C17H10N4O/c18-9-11(16-19-13-7-3-4-8-14(13)20-16)15-10-5-1-2-6-12(10)21-17(15)22/h1-8H,(H,19,20)(H,21,22). The molecule has 0 bridgehead atoms. The maximum Gasteiger partial charge on any atom is 0.257 e. The lowest BCUT2D eigenvalue weighted by Crippen LogP contribution is -2.06. The Labute approximate surface area is 125 Å². The van der Waals surface area contributed by atoms with Gasteiger partial charge in [0.1, 0.15) is 17.5 Å². The Morgan fingerprint density at radius 2 is 1.86 bits per heavy atom. The zero-order valence-corrected chi connectivity index (χ0v) is 11.4. The monoisotopic (exact) mass is 286 g/mol. The summed E-state index contributed by atoms with van der Waals surface area (Å²) >= 11 is 0. The molecule has 0 aliphatic carbocycles. The first-order chi connectivity index (χ1) is 10.8. The molecule has 1 aliphatic rings. The average molecular weight is 286 g/mol. The molecule has 0 unspecified atom stereocenters. The summed E-state index contributed by atoms with van der Waals surface area (Å²) in [6, 6.07) is 16.9. The van der Waals surface area contributed by atoms with Crippen molar-refractivity contribution in [2.45, 2.75) is 0 Å². The van der Waals surface area contributed by atoms with Gasteiger partial charge < -0.3 is 10.3 Å². The van der Waals surface area contributed by atoms with Gasteiger partial charge in [0.15, 0.2) is 0 Å². The Morgan fingerprint density at radius 1 is 1.09 bits per heavy atom. The van der Waals surface area contributed by atoms with Crippen molar-refractivity contribution in [2.24, 2.45) is 0 Å². The zero-order valence-electron chi connectivity index (χ0n) is 11.4. The minimum atomic E-state index is -0.279. The van der Waals surface area contributed by atoms with Crippen molar-refractivity contribution in [3.05, 3.63) is 59.9 Å². The van der Waals surface area contributed by atoms with Crippen molar-refractivity contribution in [3.8, 4) is 6.07 Å². The smallest absolute Gasteiger partial charge is 0.257 e. The second kappa shape index (κ2) is 4.57. The minimum Gasteiger partial charge on any atom is -0.337 e. The SMILES string of the molecule is N#CC(=C1C(=O)Nc2ccccc21)c1nc2ccccc2[nH]1. The number of carbonyl (C=O) groups excluding carboxylic acids is 1. The first-order valence-electron chi connectivity index (χ1n) is 6.78. The number of fused-ring (bicyclic) bond motifs is 2. The summed E-state index contributed by atoms with van der Waals surface area (Å²) in [4.78, 5) is 19.8. The molecule has 0 spiro atoms. The number of imidazole rings is 1. The second-order valence-electron chi connectivity index (χ2n) is 4.96. The number of rotatable bonds is 1. The van der Waals surface area contributed by atoms with Crippen LogP contribution in [0.4, 0.5) is 5.69 Å². The fraction of sp³-hybridized carbons (Fsp3) is 0. The lowest BCUT2D eigenvalue weighted by molar-refractivity contribution is -0.110. The van der Waals surface area contributed by atoms with Gasteiger partial charge in [0, 0.05) is 11.3 Å². The van der Waals surface area contributed by atoms with Gasteiger partial charge in [0.2, 0.25) is 0 Å². The largest absolute Gasteiger partial charge is 0.337 e.